The average Bonchev–Trinajstić information content (AvgIpc) is 2.62. The Morgan fingerprint density at radius 3 is 2.56 bits per heavy atom. The zero-order valence-electron chi connectivity index (χ0n) is 10.4. The van der Waals surface area contributed by atoms with E-state index in [-0.39, 0.29) is 23.3 Å². The van der Waals surface area contributed by atoms with Gasteiger partial charge in [-0.05, 0) is 34.9 Å². The standard InChI is InChI=1S/C11H16IN3O2S/c1-6(2)9-8(12)10(13)15-11(14-9)7-3-4-18(16,17)5-7/h6-7H,3-5H2,1-2H3,(H2,13,14,15). The first-order valence-electron chi connectivity index (χ1n) is 5.83. The molecule has 2 heterocycles. The van der Waals surface area contributed by atoms with Crippen LogP contribution >= 0.6 is 22.6 Å². The van der Waals surface area contributed by atoms with Crippen molar-refractivity contribution in [2.45, 2.75) is 32.1 Å². The lowest BCUT2D eigenvalue weighted by molar-refractivity contribution is 0.601. The Balaban J connectivity index is 2.41. The van der Waals surface area contributed by atoms with Crippen molar-refractivity contribution in [3.05, 3.63) is 15.1 Å². The minimum Gasteiger partial charge on any atom is -0.383 e. The molecule has 1 aliphatic heterocycles. The summed E-state index contributed by atoms with van der Waals surface area (Å²) in [4.78, 5) is 8.78. The van der Waals surface area contributed by atoms with Crippen LogP contribution in [0.15, 0.2) is 0 Å². The smallest absolute Gasteiger partial charge is 0.151 e. The van der Waals surface area contributed by atoms with Crippen LogP contribution in [0.25, 0.3) is 0 Å². The lowest BCUT2D eigenvalue weighted by Gasteiger charge is -2.14. The fraction of sp³-hybridized carbons (Fsp3) is 0.636. The molecule has 1 aromatic rings. The second kappa shape index (κ2) is 4.92. The summed E-state index contributed by atoms with van der Waals surface area (Å²) in [5.41, 5.74) is 6.79. The molecule has 1 saturated heterocycles. The molecule has 1 aliphatic rings. The predicted molar refractivity (Wildman–Crippen MR) is 79.3 cm³/mol. The zero-order chi connectivity index (χ0) is 13.5. The Morgan fingerprint density at radius 2 is 2.06 bits per heavy atom. The van der Waals surface area contributed by atoms with Gasteiger partial charge in [-0.15, -0.1) is 0 Å². The van der Waals surface area contributed by atoms with Gasteiger partial charge in [0, 0.05) is 5.92 Å². The molecule has 0 aromatic carbocycles. The van der Waals surface area contributed by atoms with E-state index in [2.05, 4.69) is 32.6 Å². The predicted octanol–water partition coefficient (Wildman–Crippen LogP) is 1.69. The third-order valence-electron chi connectivity index (χ3n) is 3.06. The third kappa shape index (κ3) is 2.76. The van der Waals surface area contributed by atoms with Crippen LogP contribution in [0.2, 0.25) is 0 Å². The molecule has 0 amide bonds. The largest absolute Gasteiger partial charge is 0.383 e. The normalized spacial score (nSPS) is 22.6. The Kier molecular flexibility index (Phi) is 3.82. The molecular weight excluding hydrogens is 365 g/mol. The molecular formula is C11H16IN3O2S. The molecule has 100 valence electrons. The van der Waals surface area contributed by atoms with E-state index in [1.165, 1.54) is 0 Å². The van der Waals surface area contributed by atoms with Gasteiger partial charge in [0.2, 0.25) is 0 Å². The van der Waals surface area contributed by atoms with Gasteiger partial charge in [0.1, 0.15) is 11.6 Å². The van der Waals surface area contributed by atoms with Crippen molar-refractivity contribution < 1.29 is 8.42 Å². The van der Waals surface area contributed by atoms with E-state index in [9.17, 15) is 8.42 Å². The molecule has 1 atom stereocenters. The molecule has 1 fully saturated rings. The van der Waals surface area contributed by atoms with Crippen molar-refractivity contribution in [1.29, 1.82) is 0 Å². The van der Waals surface area contributed by atoms with E-state index in [0.717, 1.165) is 9.26 Å². The van der Waals surface area contributed by atoms with Gasteiger partial charge in [-0.1, -0.05) is 13.8 Å². The maximum atomic E-state index is 11.5. The van der Waals surface area contributed by atoms with Crippen molar-refractivity contribution in [1.82, 2.24) is 9.97 Å². The number of nitrogens with zero attached hydrogens (tertiary/aromatic N) is 2. The van der Waals surface area contributed by atoms with Gasteiger partial charge in [-0.3, -0.25) is 0 Å². The molecule has 0 bridgehead atoms. The number of hydrogen-bond donors (Lipinski definition) is 1. The number of hydrogen-bond acceptors (Lipinski definition) is 5. The van der Waals surface area contributed by atoms with Crippen LogP contribution < -0.4 is 5.73 Å². The maximum absolute atomic E-state index is 11.5. The summed E-state index contributed by atoms with van der Waals surface area (Å²) in [5, 5.41) is 0. The quantitative estimate of drug-likeness (QED) is 0.788. The summed E-state index contributed by atoms with van der Waals surface area (Å²) in [6.07, 6.45) is 0.597. The van der Waals surface area contributed by atoms with Crippen LogP contribution in [0.4, 0.5) is 5.82 Å². The topological polar surface area (TPSA) is 85.9 Å². The molecule has 0 spiro atoms. The second-order valence-corrected chi connectivity index (χ2v) is 8.23. The third-order valence-corrected chi connectivity index (χ3v) is 5.94. The Morgan fingerprint density at radius 1 is 1.39 bits per heavy atom. The molecule has 7 heteroatoms. The van der Waals surface area contributed by atoms with Gasteiger partial charge >= 0.3 is 0 Å². The number of halogens is 1. The van der Waals surface area contributed by atoms with Crippen LogP contribution in [0.5, 0.6) is 0 Å². The van der Waals surface area contributed by atoms with E-state index in [1.807, 2.05) is 13.8 Å². The van der Waals surface area contributed by atoms with Crippen LogP contribution in [-0.4, -0.2) is 29.9 Å². The fourth-order valence-electron chi connectivity index (χ4n) is 2.06. The number of sulfone groups is 1. The van der Waals surface area contributed by atoms with E-state index < -0.39 is 9.84 Å². The molecule has 2 rings (SSSR count). The van der Waals surface area contributed by atoms with Gasteiger partial charge in [0.15, 0.2) is 9.84 Å². The van der Waals surface area contributed by atoms with E-state index >= 15 is 0 Å². The molecule has 1 aromatic heterocycles. The van der Waals surface area contributed by atoms with Crippen molar-refractivity contribution >= 4 is 38.2 Å². The molecule has 5 nitrogen and oxygen atoms in total. The highest BCUT2D eigenvalue weighted by Gasteiger charge is 2.31. The number of rotatable bonds is 2. The van der Waals surface area contributed by atoms with Crippen molar-refractivity contribution in [3.63, 3.8) is 0 Å². The van der Waals surface area contributed by atoms with Gasteiger partial charge < -0.3 is 5.73 Å². The zero-order valence-corrected chi connectivity index (χ0v) is 13.3. The summed E-state index contributed by atoms with van der Waals surface area (Å²) >= 11 is 2.14. The molecule has 18 heavy (non-hydrogen) atoms. The van der Waals surface area contributed by atoms with Crippen molar-refractivity contribution in [2.24, 2.45) is 0 Å². The van der Waals surface area contributed by atoms with Gasteiger partial charge in [-0.2, -0.15) is 0 Å². The number of nitrogen functional groups attached to an aromatic ring is 1. The summed E-state index contributed by atoms with van der Waals surface area (Å²) < 4.78 is 23.9. The highest BCUT2D eigenvalue weighted by Crippen LogP contribution is 2.30. The Hall–Kier alpha value is -0.440. The maximum Gasteiger partial charge on any atom is 0.151 e. The highest BCUT2D eigenvalue weighted by atomic mass is 127. The monoisotopic (exact) mass is 381 g/mol. The summed E-state index contributed by atoms with van der Waals surface area (Å²) in [5.74, 6) is 1.55. The van der Waals surface area contributed by atoms with Crippen molar-refractivity contribution in [3.8, 4) is 0 Å². The van der Waals surface area contributed by atoms with Crippen molar-refractivity contribution in [2.75, 3.05) is 17.2 Å². The molecule has 0 aliphatic carbocycles. The molecule has 0 radical (unpaired) electrons. The SMILES string of the molecule is CC(C)c1nc(C2CCS(=O)(=O)C2)nc(N)c1I. The second-order valence-electron chi connectivity index (χ2n) is 4.92. The van der Waals surface area contributed by atoms with Crippen LogP contribution in [0.1, 0.15) is 43.6 Å². The number of nitrogens with two attached hydrogens (primary N) is 1. The lowest BCUT2D eigenvalue weighted by Crippen LogP contribution is -2.13. The van der Waals surface area contributed by atoms with E-state index in [4.69, 9.17) is 5.73 Å². The minimum atomic E-state index is -2.92. The number of aromatic nitrogens is 2. The first-order valence-corrected chi connectivity index (χ1v) is 8.73. The van der Waals surface area contributed by atoms with Crippen LogP contribution in [-0.2, 0) is 9.84 Å². The minimum absolute atomic E-state index is 0.105. The van der Waals surface area contributed by atoms with Crippen LogP contribution in [0.3, 0.4) is 0 Å². The average molecular weight is 381 g/mol. The fourth-order valence-corrected chi connectivity index (χ4v) is 4.67. The molecule has 0 saturated carbocycles. The first kappa shape index (κ1) is 14.0. The van der Waals surface area contributed by atoms with E-state index in [0.29, 0.717) is 18.1 Å². The number of anilines is 1. The summed E-state index contributed by atoms with van der Waals surface area (Å²) in [6, 6.07) is 0. The van der Waals surface area contributed by atoms with Crippen LogP contribution in [0, 0.1) is 3.57 Å². The lowest BCUT2D eigenvalue weighted by atomic mass is 10.1. The Labute approximate surface area is 121 Å². The van der Waals surface area contributed by atoms with Gasteiger partial charge in [0.25, 0.3) is 0 Å². The summed E-state index contributed by atoms with van der Waals surface area (Å²) in [6.45, 7) is 4.08. The molecule has 1 unspecified atom stereocenters. The van der Waals surface area contributed by atoms with Gasteiger partial charge in [0.05, 0.1) is 20.8 Å². The summed E-state index contributed by atoms with van der Waals surface area (Å²) in [7, 11) is -2.92. The molecule has 2 N–H and O–H groups in total. The van der Waals surface area contributed by atoms with Gasteiger partial charge in [-0.25, -0.2) is 18.4 Å². The Bertz CT molecular complexity index is 572. The highest BCUT2D eigenvalue weighted by molar-refractivity contribution is 14.1. The first-order chi connectivity index (χ1) is 8.30. The van der Waals surface area contributed by atoms with E-state index in [1.54, 1.807) is 0 Å².